The molecular weight excluding hydrogens is 99.1 g/mol. The van der Waals surface area contributed by atoms with E-state index in [2.05, 4.69) is 11.5 Å². The van der Waals surface area contributed by atoms with Crippen molar-refractivity contribution in [2.45, 2.75) is 12.8 Å². The van der Waals surface area contributed by atoms with Crippen molar-refractivity contribution in [3.63, 3.8) is 0 Å². The van der Waals surface area contributed by atoms with Crippen LogP contribution >= 0.6 is 11.8 Å². The van der Waals surface area contributed by atoms with Crippen LogP contribution in [0.25, 0.3) is 0 Å². The second-order valence-corrected chi connectivity index (χ2v) is 2.25. The van der Waals surface area contributed by atoms with Gasteiger partial charge in [-0.1, -0.05) is 6.42 Å². The summed E-state index contributed by atoms with van der Waals surface area (Å²) in [5.41, 5.74) is 0. The molecule has 0 aromatic carbocycles. The van der Waals surface area contributed by atoms with Crippen LogP contribution in [-0.4, -0.2) is 5.75 Å². The summed E-state index contributed by atoms with van der Waals surface area (Å²) in [6.07, 6.45) is 4.69. The number of thioether (sulfide) groups is 1. The van der Waals surface area contributed by atoms with E-state index in [9.17, 15) is 0 Å². The molecule has 0 aromatic heterocycles. The van der Waals surface area contributed by atoms with Crippen molar-refractivity contribution in [1.82, 2.24) is 0 Å². The Balaban J connectivity index is 0.000000360. The van der Waals surface area contributed by atoms with Gasteiger partial charge in [0, 0.05) is 0 Å². The van der Waals surface area contributed by atoms with Crippen LogP contribution in [-0.2, 0) is 0 Å². The normalized spacial score (nSPS) is 18.3. The molecule has 0 aliphatic carbocycles. The van der Waals surface area contributed by atoms with Gasteiger partial charge in [-0.3, -0.25) is 6.08 Å². The molecule has 1 aliphatic rings. The van der Waals surface area contributed by atoms with E-state index in [0.29, 0.717) is 0 Å². The van der Waals surface area contributed by atoms with E-state index in [-0.39, 0.29) is 18.9 Å². The molecule has 0 atom stereocenters. The summed E-state index contributed by atoms with van der Waals surface area (Å²) in [6.45, 7) is 0. The van der Waals surface area contributed by atoms with E-state index >= 15 is 0 Å². The molecule has 0 bridgehead atoms. The van der Waals surface area contributed by atoms with Gasteiger partial charge >= 0.3 is 18.9 Å². The molecule has 0 fully saturated rings. The number of allylic oxidation sites excluding steroid dienone is 1. The van der Waals surface area contributed by atoms with Gasteiger partial charge in [0.05, 0.1) is 0 Å². The molecule has 2 heteroatoms. The molecule has 0 saturated carbocycles. The van der Waals surface area contributed by atoms with Gasteiger partial charge in [0.25, 0.3) is 0 Å². The van der Waals surface area contributed by atoms with Crippen LogP contribution < -0.4 is 18.9 Å². The standard InChI is InChI=1S/C5H7S.Li/c1-2-4-6-5-3-1;/h2H,1,3,5H2;/q-1;+1. The Hall–Kier alpha value is 0.687. The van der Waals surface area contributed by atoms with Crippen molar-refractivity contribution in [1.29, 1.82) is 0 Å². The average Bonchev–Trinajstić information content (AvgIpc) is 1.72. The third kappa shape index (κ3) is 3.29. The van der Waals surface area contributed by atoms with Gasteiger partial charge < -0.3 is 17.2 Å². The largest absolute Gasteiger partial charge is 1.00 e. The van der Waals surface area contributed by atoms with Crippen LogP contribution in [0.2, 0.25) is 0 Å². The van der Waals surface area contributed by atoms with Crippen LogP contribution in [0, 0.1) is 5.41 Å². The number of hydrogen-bond acceptors (Lipinski definition) is 1. The monoisotopic (exact) mass is 106 g/mol. The molecule has 0 spiro atoms. The van der Waals surface area contributed by atoms with Crippen molar-refractivity contribution in [3.05, 3.63) is 11.5 Å². The molecule has 0 N–H and O–H groups in total. The van der Waals surface area contributed by atoms with Crippen molar-refractivity contribution < 1.29 is 18.9 Å². The second kappa shape index (κ2) is 4.84. The van der Waals surface area contributed by atoms with E-state index < -0.39 is 0 Å². The predicted molar refractivity (Wildman–Crippen MR) is 29.5 cm³/mol. The van der Waals surface area contributed by atoms with E-state index in [1.54, 1.807) is 11.8 Å². The Labute approximate surface area is 60.9 Å². The molecule has 7 heavy (non-hydrogen) atoms. The summed E-state index contributed by atoms with van der Waals surface area (Å²) >= 11 is 1.79. The van der Waals surface area contributed by atoms with Crippen LogP contribution in [0.5, 0.6) is 0 Å². The quantitative estimate of drug-likeness (QED) is 0.277. The fourth-order valence-electron chi connectivity index (χ4n) is 0.434. The zero-order chi connectivity index (χ0) is 4.24. The minimum atomic E-state index is 0. The first-order valence-electron chi connectivity index (χ1n) is 2.19. The maximum absolute atomic E-state index is 3.08. The smallest absolute Gasteiger partial charge is 0.437 e. The molecule has 1 aliphatic heterocycles. The van der Waals surface area contributed by atoms with E-state index in [1.165, 1.54) is 18.6 Å². The van der Waals surface area contributed by atoms with E-state index in [4.69, 9.17) is 0 Å². The van der Waals surface area contributed by atoms with Crippen LogP contribution in [0.1, 0.15) is 12.8 Å². The van der Waals surface area contributed by atoms with E-state index in [0.717, 1.165) is 0 Å². The summed E-state index contributed by atoms with van der Waals surface area (Å²) in [5.74, 6) is 1.27. The van der Waals surface area contributed by atoms with Crippen LogP contribution in [0.4, 0.5) is 0 Å². The Morgan fingerprint density at radius 2 is 2.43 bits per heavy atom. The zero-order valence-electron chi connectivity index (χ0n) is 4.61. The van der Waals surface area contributed by atoms with Crippen LogP contribution in [0.15, 0.2) is 6.08 Å². The van der Waals surface area contributed by atoms with Crippen molar-refractivity contribution >= 4 is 11.8 Å². The van der Waals surface area contributed by atoms with Crippen molar-refractivity contribution in [2.75, 3.05) is 5.75 Å². The van der Waals surface area contributed by atoms with Gasteiger partial charge in [-0.2, -0.15) is 0 Å². The summed E-state index contributed by atoms with van der Waals surface area (Å²) in [5, 5.41) is 3.08. The fourth-order valence-corrected chi connectivity index (χ4v) is 1.10. The molecule has 0 amide bonds. The zero-order valence-corrected chi connectivity index (χ0v) is 5.42. The average molecular weight is 106 g/mol. The van der Waals surface area contributed by atoms with Gasteiger partial charge in [0.15, 0.2) is 0 Å². The Bertz CT molecular complexity index is 53.1. The topological polar surface area (TPSA) is 0 Å². The Morgan fingerprint density at radius 1 is 1.57 bits per heavy atom. The minimum Gasteiger partial charge on any atom is -0.437 e. The Morgan fingerprint density at radius 3 is 2.57 bits per heavy atom. The van der Waals surface area contributed by atoms with Crippen molar-refractivity contribution in [3.8, 4) is 0 Å². The summed E-state index contributed by atoms with van der Waals surface area (Å²) in [4.78, 5) is 0. The minimum absolute atomic E-state index is 0. The van der Waals surface area contributed by atoms with Gasteiger partial charge in [-0.05, 0) is 12.2 Å². The molecule has 0 aromatic rings. The van der Waals surface area contributed by atoms with Gasteiger partial charge in [-0.15, -0.1) is 0 Å². The first-order chi connectivity index (χ1) is 3.00. The van der Waals surface area contributed by atoms with Gasteiger partial charge in [-0.25, -0.2) is 0 Å². The fraction of sp³-hybridized carbons (Fsp3) is 0.600. The second-order valence-electron chi connectivity index (χ2n) is 1.31. The molecule has 0 saturated heterocycles. The molecule has 1 rings (SSSR count). The summed E-state index contributed by atoms with van der Waals surface area (Å²) in [7, 11) is 0. The summed E-state index contributed by atoms with van der Waals surface area (Å²) < 4.78 is 0. The van der Waals surface area contributed by atoms with Gasteiger partial charge in [0.2, 0.25) is 0 Å². The Kier molecular flexibility index (Phi) is 5.31. The predicted octanol–water partition coefficient (Wildman–Crippen LogP) is -1.17. The van der Waals surface area contributed by atoms with Gasteiger partial charge in [0.1, 0.15) is 0 Å². The van der Waals surface area contributed by atoms with Crippen LogP contribution in [0.3, 0.4) is 0 Å². The van der Waals surface area contributed by atoms with E-state index in [1.807, 2.05) is 0 Å². The SMILES string of the molecule is [C-]1=CCCCS1.[Li+]. The first-order valence-corrected chi connectivity index (χ1v) is 3.18. The molecule has 0 radical (unpaired) electrons. The summed E-state index contributed by atoms with van der Waals surface area (Å²) in [6, 6.07) is 0. The van der Waals surface area contributed by atoms with Crippen molar-refractivity contribution in [2.24, 2.45) is 0 Å². The molecule has 0 nitrogen and oxygen atoms in total. The molecule has 1 heterocycles. The molecule has 0 unspecified atom stereocenters. The molecule has 34 valence electrons. The maximum atomic E-state index is 3.08. The first kappa shape index (κ1) is 7.69. The number of hydrogen-bond donors (Lipinski definition) is 0. The number of rotatable bonds is 0. The third-order valence-electron chi connectivity index (χ3n) is 0.762. The molecular formula is C5H7LiS. The maximum Gasteiger partial charge on any atom is 1.00 e. The third-order valence-corrected chi connectivity index (χ3v) is 1.59.